The summed E-state index contributed by atoms with van der Waals surface area (Å²) in [4.78, 5) is 25.0. The molecule has 122 valence electrons. The maximum Gasteiger partial charge on any atom is 0.317 e. The number of nitrogens with one attached hydrogen (secondary N) is 1. The highest BCUT2D eigenvalue weighted by Gasteiger charge is 2.13. The number of nitrogens with zero attached hydrogens (tertiary/aromatic N) is 1. The molecule has 1 aromatic rings. The molecule has 0 bridgehead atoms. The summed E-state index contributed by atoms with van der Waals surface area (Å²) in [7, 11) is 0. The lowest BCUT2D eigenvalue weighted by atomic mass is 10.2. The third kappa shape index (κ3) is 6.56. The van der Waals surface area contributed by atoms with E-state index in [1.54, 1.807) is 30.9 Å². The van der Waals surface area contributed by atoms with Gasteiger partial charge in [0.25, 0.3) is 0 Å². The van der Waals surface area contributed by atoms with Crippen molar-refractivity contribution in [3.05, 3.63) is 35.6 Å². The minimum absolute atomic E-state index is 0.126. The highest BCUT2D eigenvalue weighted by Crippen LogP contribution is 2.07. The second-order valence-electron chi connectivity index (χ2n) is 5.16. The molecule has 0 radical (unpaired) electrons. The first-order valence-corrected chi connectivity index (χ1v) is 7.39. The number of carbonyl (C=O) groups is 2. The van der Waals surface area contributed by atoms with Gasteiger partial charge in [0.15, 0.2) is 0 Å². The first-order valence-electron chi connectivity index (χ1n) is 7.39. The summed E-state index contributed by atoms with van der Waals surface area (Å²) in [5.74, 6) is -0.672. The summed E-state index contributed by atoms with van der Waals surface area (Å²) >= 11 is 0. The van der Waals surface area contributed by atoms with Crippen molar-refractivity contribution >= 4 is 12.0 Å². The van der Waals surface area contributed by atoms with E-state index in [0.29, 0.717) is 13.1 Å². The zero-order chi connectivity index (χ0) is 16.5. The Bertz CT molecular complexity index is 506. The maximum atomic E-state index is 13.1. The van der Waals surface area contributed by atoms with Crippen LogP contribution in [-0.2, 0) is 16.1 Å². The normalized spacial score (nSPS) is 10.4. The predicted molar refractivity (Wildman–Crippen MR) is 81.7 cm³/mol. The minimum atomic E-state index is -0.344. The van der Waals surface area contributed by atoms with Crippen LogP contribution in [0.2, 0.25) is 0 Å². The lowest BCUT2D eigenvalue weighted by Crippen LogP contribution is -2.40. The Morgan fingerprint density at radius 3 is 2.68 bits per heavy atom. The van der Waals surface area contributed by atoms with Gasteiger partial charge in [0, 0.05) is 19.6 Å². The Hall–Kier alpha value is -2.11. The van der Waals surface area contributed by atoms with Gasteiger partial charge in [0.2, 0.25) is 0 Å². The molecule has 0 atom stereocenters. The Kier molecular flexibility index (Phi) is 7.36. The predicted octanol–water partition coefficient (Wildman–Crippen LogP) is 2.70. The van der Waals surface area contributed by atoms with Gasteiger partial charge in [-0.3, -0.25) is 4.79 Å². The fraction of sp³-hybridized carbons (Fsp3) is 0.500. The van der Waals surface area contributed by atoms with Crippen molar-refractivity contribution in [2.24, 2.45) is 0 Å². The molecule has 0 saturated carbocycles. The summed E-state index contributed by atoms with van der Waals surface area (Å²) in [6.07, 6.45) is -0.0372. The van der Waals surface area contributed by atoms with E-state index in [1.165, 1.54) is 12.1 Å². The minimum Gasteiger partial charge on any atom is -0.463 e. The molecule has 6 heteroatoms. The van der Waals surface area contributed by atoms with Crippen molar-refractivity contribution in [2.45, 2.75) is 39.8 Å². The number of hydrogen-bond donors (Lipinski definition) is 1. The molecule has 0 aliphatic rings. The number of carbonyl (C=O) groups excluding carboxylic acids is 2. The van der Waals surface area contributed by atoms with Crippen LogP contribution in [0.4, 0.5) is 9.18 Å². The summed E-state index contributed by atoms with van der Waals surface area (Å²) < 4.78 is 18.1. The van der Waals surface area contributed by atoms with E-state index >= 15 is 0 Å². The van der Waals surface area contributed by atoms with Crippen LogP contribution in [0, 0.1) is 5.82 Å². The highest BCUT2D eigenvalue weighted by molar-refractivity contribution is 5.75. The van der Waals surface area contributed by atoms with E-state index in [-0.39, 0.29) is 36.9 Å². The molecule has 5 nitrogen and oxygen atoms in total. The molecule has 1 N–H and O–H groups in total. The van der Waals surface area contributed by atoms with Gasteiger partial charge in [-0.05, 0) is 38.5 Å². The SMILES string of the molecule is CCN(Cc1cccc(F)c1)C(=O)NCCC(=O)OC(C)C. The van der Waals surface area contributed by atoms with Crippen LogP contribution in [0.3, 0.4) is 0 Å². The number of rotatable bonds is 7. The molecular weight excluding hydrogens is 287 g/mol. The Morgan fingerprint density at radius 1 is 1.36 bits per heavy atom. The fourth-order valence-corrected chi connectivity index (χ4v) is 1.89. The molecule has 0 saturated heterocycles. The largest absolute Gasteiger partial charge is 0.463 e. The van der Waals surface area contributed by atoms with Gasteiger partial charge >= 0.3 is 12.0 Å². The Balaban J connectivity index is 2.43. The van der Waals surface area contributed by atoms with Gasteiger partial charge < -0.3 is 15.0 Å². The van der Waals surface area contributed by atoms with Crippen molar-refractivity contribution in [3.8, 4) is 0 Å². The van der Waals surface area contributed by atoms with Gasteiger partial charge in [-0.2, -0.15) is 0 Å². The van der Waals surface area contributed by atoms with Crippen LogP contribution in [0.1, 0.15) is 32.8 Å². The monoisotopic (exact) mass is 310 g/mol. The van der Waals surface area contributed by atoms with Crippen LogP contribution >= 0.6 is 0 Å². The summed E-state index contributed by atoms with van der Waals surface area (Å²) in [5.41, 5.74) is 0.719. The quantitative estimate of drug-likeness (QED) is 0.788. The average Bonchev–Trinajstić information content (AvgIpc) is 2.43. The van der Waals surface area contributed by atoms with E-state index in [2.05, 4.69) is 5.32 Å². The number of esters is 1. The van der Waals surface area contributed by atoms with Crippen LogP contribution < -0.4 is 5.32 Å². The summed E-state index contributed by atoms with van der Waals surface area (Å²) in [6.45, 7) is 6.40. The number of urea groups is 1. The number of amides is 2. The molecule has 0 aliphatic carbocycles. The van der Waals surface area contributed by atoms with Gasteiger partial charge in [-0.1, -0.05) is 12.1 Å². The zero-order valence-electron chi connectivity index (χ0n) is 13.3. The number of benzene rings is 1. The standard InChI is InChI=1S/C16H23FN2O3/c1-4-19(11-13-6-5-7-14(17)10-13)16(21)18-9-8-15(20)22-12(2)3/h5-7,10,12H,4,8-9,11H2,1-3H3,(H,18,21). The lowest BCUT2D eigenvalue weighted by molar-refractivity contribution is -0.147. The molecular formula is C16H23FN2O3. The van der Waals surface area contributed by atoms with E-state index in [9.17, 15) is 14.0 Å². The van der Waals surface area contributed by atoms with Gasteiger partial charge in [0.05, 0.1) is 12.5 Å². The molecule has 0 fully saturated rings. The van der Waals surface area contributed by atoms with Crippen molar-refractivity contribution < 1.29 is 18.7 Å². The van der Waals surface area contributed by atoms with E-state index < -0.39 is 0 Å². The van der Waals surface area contributed by atoms with Gasteiger partial charge in [0.1, 0.15) is 5.82 Å². The fourth-order valence-electron chi connectivity index (χ4n) is 1.89. The summed E-state index contributed by atoms with van der Waals surface area (Å²) in [6, 6.07) is 5.84. The number of halogens is 1. The molecule has 0 spiro atoms. The van der Waals surface area contributed by atoms with E-state index in [0.717, 1.165) is 5.56 Å². The second kappa shape index (κ2) is 9.02. The van der Waals surface area contributed by atoms with Crippen LogP contribution in [-0.4, -0.2) is 36.1 Å². The topological polar surface area (TPSA) is 58.6 Å². The van der Waals surface area contributed by atoms with Crippen LogP contribution in [0.5, 0.6) is 0 Å². The van der Waals surface area contributed by atoms with Crippen LogP contribution in [0.25, 0.3) is 0 Å². The van der Waals surface area contributed by atoms with Crippen molar-refractivity contribution in [2.75, 3.05) is 13.1 Å². The second-order valence-corrected chi connectivity index (χ2v) is 5.16. The van der Waals surface area contributed by atoms with E-state index in [1.807, 2.05) is 6.92 Å². The first-order chi connectivity index (χ1) is 10.4. The number of ether oxygens (including phenoxy) is 1. The average molecular weight is 310 g/mol. The molecule has 22 heavy (non-hydrogen) atoms. The lowest BCUT2D eigenvalue weighted by Gasteiger charge is -2.21. The molecule has 1 rings (SSSR count). The van der Waals surface area contributed by atoms with Crippen molar-refractivity contribution in [1.82, 2.24) is 10.2 Å². The van der Waals surface area contributed by atoms with Gasteiger partial charge in [-0.15, -0.1) is 0 Å². The number of hydrogen-bond acceptors (Lipinski definition) is 3. The molecule has 0 heterocycles. The van der Waals surface area contributed by atoms with E-state index in [4.69, 9.17) is 4.74 Å². The van der Waals surface area contributed by atoms with Gasteiger partial charge in [-0.25, -0.2) is 9.18 Å². The molecule has 0 aliphatic heterocycles. The Labute approximate surface area is 130 Å². The third-order valence-corrected chi connectivity index (χ3v) is 2.90. The highest BCUT2D eigenvalue weighted by atomic mass is 19.1. The molecule has 0 unspecified atom stereocenters. The molecule has 0 aromatic heterocycles. The van der Waals surface area contributed by atoms with Crippen molar-refractivity contribution in [3.63, 3.8) is 0 Å². The summed E-state index contributed by atoms with van der Waals surface area (Å²) in [5, 5.41) is 2.67. The molecule has 2 amide bonds. The zero-order valence-corrected chi connectivity index (χ0v) is 13.3. The first kappa shape index (κ1) is 17.9. The maximum absolute atomic E-state index is 13.1. The third-order valence-electron chi connectivity index (χ3n) is 2.90. The smallest absolute Gasteiger partial charge is 0.317 e. The Morgan fingerprint density at radius 2 is 2.09 bits per heavy atom. The van der Waals surface area contributed by atoms with Crippen molar-refractivity contribution in [1.29, 1.82) is 0 Å². The molecule has 1 aromatic carbocycles. The van der Waals surface area contributed by atoms with Crippen LogP contribution in [0.15, 0.2) is 24.3 Å².